The quantitative estimate of drug-likeness (QED) is 0.779. The number of benzene rings is 2. The summed E-state index contributed by atoms with van der Waals surface area (Å²) in [5, 5.41) is 1.13. The lowest BCUT2D eigenvalue weighted by Crippen LogP contribution is -2.05. The van der Waals surface area contributed by atoms with E-state index < -0.39 is 0 Å². The standard InChI is InChI=1S/C18H18N2O/c19-10-9-15-4-1-2-6-18(15)21-13-14-7-8-17-16(12-14)5-3-11-20-17/h1-8,11-12H,9-10,13,19H2. The number of hydrogen-bond donors (Lipinski definition) is 1. The minimum Gasteiger partial charge on any atom is -0.489 e. The Morgan fingerprint density at radius 3 is 2.81 bits per heavy atom. The molecular formula is C18H18N2O. The van der Waals surface area contributed by atoms with Crippen molar-refractivity contribution in [1.29, 1.82) is 0 Å². The zero-order chi connectivity index (χ0) is 14.5. The molecule has 3 heteroatoms. The Hall–Kier alpha value is -2.39. The van der Waals surface area contributed by atoms with Crippen molar-refractivity contribution in [3.05, 3.63) is 71.9 Å². The van der Waals surface area contributed by atoms with Crippen molar-refractivity contribution < 1.29 is 4.74 Å². The highest BCUT2D eigenvalue weighted by atomic mass is 16.5. The molecule has 3 rings (SSSR count). The lowest BCUT2D eigenvalue weighted by molar-refractivity contribution is 0.303. The molecule has 106 valence electrons. The smallest absolute Gasteiger partial charge is 0.123 e. The van der Waals surface area contributed by atoms with Crippen LogP contribution < -0.4 is 10.5 Å². The molecule has 1 aromatic heterocycles. The van der Waals surface area contributed by atoms with Crippen LogP contribution in [0.1, 0.15) is 11.1 Å². The van der Waals surface area contributed by atoms with Crippen LogP contribution in [0, 0.1) is 0 Å². The van der Waals surface area contributed by atoms with E-state index in [9.17, 15) is 0 Å². The Balaban J connectivity index is 1.77. The zero-order valence-corrected chi connectivity index (χ0v) is 11.8. The maximum atomic E-state index is 5.95. The van der Waals surface area contributed by atoms with Crippen molar-refractivity contribution >= 4 is 10.9 Å². The zero-order valence-electron chi connectivity index (χ0n) is 11.8. The Morgan fingerprint density at radius 1 is 1.00 bits per heavy atom. The van der Waals surface area contributed by atoms with E-state index in [2.05, 4.69) is 29.2 Å². The maximum Gasteiger partial charge on any atom is 0.123 e. The molecule has 0 saturated heterocycles. The van der Waals surface area contributed by atoms with Crippen LogP contribution >= 0.6 is 0 Å². The Kier molecular flexibility index (Phi) is 4.12. The highest BCUT2D eigenvalue weighted by Crippen LogP contribution is 2.20. The molecule has 0 fully saturated rings. The van der Waals surface area contributed by atoms with Gasteiger partial charge in [-0.05, 0) is 48.4 Å². The maximum absolute atomic E-state index is 5.95. The minimum absolute atomic E-state index is 0.548. The third-order valence-electron chi connectivity index (χ3n) is 3.45. The summed E-state index contributed by atoms with van der Waals surface area (Å²) in [5.74, 6) is 0.911. The Labute approximate surface area is 124 Å². The number of aromatic nitrogens is 1. The first-order valence-electron chi connectivity index (χ1n) is 7.11. The second-order valence-corrected chi connectivity index (χ2v) is 4.97. The van der Waals surface area contributed by atoms with Crippen LogP contribution in [0.4, 0.5) is 0 Å². The number of hydrogen-bond acceptors (Lipinski definition) is 3. The topological polar surface area (TPSA) is 48.1 Å². The van der Waals surface area contributed by atoms with E-state index in [1.54, 1.807) is 0 Å². The van der Waals surface area contributed by atoms with Gasteiger partial charge in [-0.1, -0.05) is 30.3 Å². The van der Waals surface area contributed by atoms with Gasteiger partial charge in [-0.3, -0.25) is 4.98 Å². The summed E-state index contributed by atoms with van der Waals surface area (Å²) in [6.07, 6.45) is 2.64. The summed E-state index contributed by atoms with van der Waals surface area (Å²) >= 11 is 0. The summed E-state index contributed by atoms with van der Waals surface area (Å²) in [6, 6.07) is 18.3. The van der Waals surface area contributed by atoms with Crippen molar-refractivity contribution in [2.24, 2.45) is 5.73 Å². The molecule has 0 radical (unpaired) electrons. The highest BCUT2D eigenvalue weighted by Gasteiger charge is 2.03. The number of fused-ring (bicyclic) bond motifs is 1. The number of nitrogens with zero attached hydrogens (tertiary/aromatic N) is 1. The summed E-state index contributed by atoms with van der Waals surface area (Å²) < 4.78 is 5.95. The van der Waals surface area contributed by atoms with Gasteiger partial charge in [-0.25, -0.2) is 0 Å². The van der Waals surface area contributed by atoms with E-state index in [1.165, 1.54) is 0 Å². The van der Waals surface area contributed by atoms with Gasteiger partial charge in [0.05, 0.1) is 5.52 Å². The average molecular weight is 278 g/mol. The van der Waals surface area contributed by atoms with E-state index in [4.69, 9.17) is 10.5 Å². The molecule has 3 aromatic rings. The first-order chi connectivity index (χ1) is 10.4. The van der Waals surface area contributed by atoms with E-state index in [0.29, 0.717) is 13.2 Å². The van der Waals surface area contributed by atoms with Crippen molar-refractivity contribution in [3.63, 3.8) is 0 Å². The molecule has 2 N–H and O–H groups in total. The first-order valence-corrected chi connectivity index (χ1v) is 7.11. The summed E-state index contributed by atoms with van der Waals surface area (Å²) in [7, 11) is 0. The van der Waals surface area contributed by atoms with Gasteiger partial charge in [0.25, 0.3) is 0 Å². The molecule has 0 unspecified atom stereocenters. The van der Waals surface area contributed by atoms with Crippen LogP contribution in [-0.2, 0) is 13.0 Å². The van der Waals surface area contributed by atoms with Gasteiger partial charge < -0.3 is 10.5 Å². The summed E-state index contributed by atoms with van der Waals surface area (Å²) in [5.41, 5.74) is 8.93. The van der Waals surface area contributed by atoms with Crippen LogP contribution in [0.25, 0.3) is 10.9 Å². The second kappa shape index (κ2) is 6.37. The van der Waals surface area contributed by atoms with Crippen LogP contribution in [-0.4, -0.2) is 11.5 Å². The van der Waals surface area contributed by atoms with Crippen molar-refractivity contribution in [3.8, 4) is 5.75 Å². The van der Waals surface area contributed by atoms with Gasteiger partial charge in [0.2, 0.25) is 0 Å². The fourth-order valence-corrected chi connectivity index (χ4v) is 2.38. The van der Waals surface area contributed by atoms with E-state index in [0.717, 1.165) is 34.2 Å². The van der Waals surface area contributed by atoms with Gasteiger partial charge in [-0.15, -0.1) is 0 Å². The number of rotatable bonds is 5. The van der Waals surface area contributed by atoms with E-state index in [-0.39, 0.29) is 0 Å². The molecule has 0 amide bonds. The predicted octanol–water partition coefficient (Wildman–Crippen LogP) is 3.32. The largest absolute Gasteiger partial charge is 0.489 e. The van der Waals surface area contributed by atoms with Crippen molar-refractivity contribution in [2.45, 2.75) is 13.0 Å². The van der Waals surface area contributed by atoms with Crippen LogP contribution in [0.15, 0.2) is 60.8 Å². The molecule has 0 bridgehead atoms. The Bertz CT molecular complexity index is 740. The van der Waals surface area contributed by atoms with Gasteiger partial charge in [-0.2, -0.15) is 0 Å². The van der Waals surface area contributed by atoms with Crippen molar-refractivity contribution in [2.75, 3.05) is 6.54 Å². The third kappa shape index (κ3) is 3.20. The molecule has 0 aliphatic carbocycles. The van der Waals surface area contributed by atoms with Gasteiger partial charge in [0.15, 0.2) is 0 Å². The number of nitrogens with two attached hydrogens (primary N) is 1. The lowest BCUT2D eigenvalue weighted by Gasteiger charge is -2.11. The second-order valence-electron chi connectivity index (χ2n) is 4.97. The monoisotopic (exact) mass is 278 g/mol. The van der Waals surface area contributed by atoms with Crippen LogP contribution in [0.2, 0.25) is 0 Å². The third-order valence-corrected chi connectivity index (χ3v) is 3.45. The predicted molar refractivity (Wildman–Crippen MR) is 85.3 cm³/mol. The highest BCUT2D eigenvalue weighted by molar-refractivity contribution is 5.78. The van der Waals surface area contributed by atoms with Crippen molar-refractivity contribution in [1.82, 2.24) is 4.98 Å². The van der Waals surface area contributed by atoms with Crippen LogP contribution in [0.3, 0.4) is 0 Å². The molecule has 3 nitrogen and oxygen atoms in total. The lowest BCUT2D eigenvalue weighted by atomic mass is 10.1. The molecule has 2 aromatic carbocycles. The van der Waals surface area contributed by atoms with E-state index in [1.807, 2.05) is 36.5 Å². The van der Waals surface area contributed by atoms with E-state index >= 15 is 0 Å². The van der Waals surface area contributed by atoms with Gasteiger partial charge >= 0.3 is 0 Å². The molecule has 21 heavy (non-hydrogen) atoms. The summed E-state index contributed by atoms with van der Waals surface area (Å²) in [6.45, 7) is 1.18. The fourth-order valence-electron chi connectivity index (χ4n) is 2.38. The fraction of sp³-hybridized carbons (Fsp3) is 0.167. The SMILES string of the molecule is NCCc1ccccc1OCc1ccc2ncccc2c1. The number of para-hydroxylation sites is 1. The number of pyridine rings is 1. The number of ether oxygens (including phenoxy) is 1. The normalized spacial score (nSPS) is 10.7. The molecule has 0 atom stereocenters. The molecule has 1 heterocycles. The molecular weight excluding hydrogens is 260 g/mol. The summed E-state index contributed by atoms with van der Waals surface area (Å²) in [4.78, 5) is 4.32. The van der Waals surface area contributed by atoms with Crippen LogP contribution in [0.5, 0.6) is 5.75 Å². The molecule has 0 aliphatic rings. The first kappa shape index (κ1) is 13.6. The van der Waals surface area contributed by atoms with Gasteiger partial charge in [0.1, 0.15) is 12.4 Å². The molecule has 0 aliphatic heterocycles. The average Bonchev–Trinajstić information content (AvgIpc) is 2.54. The Morgan fingerprint density at radius 2 is 1.90 bits per heavy atom. The molecule has 0 spiro atoms. The minimum atomic E-state index is 0.548. The molecule has 0 saturated carbocycles. The van der Waals surface area contributed by atoms with Gasteiger partial charge in [0, 0.05) is 11.6 Å².